The number of amides is 2. The van der Waals surface area contributed by atoms with E-state index in [1.165, 1.54) is 14.2 Å². The van der Waals surface area contributed by atoms with Crippen molar-refractivity contribution in [2.75, 3.05) is 32.6 Å². The van der Waals surface area contributed by atoms with Gasteiger partial charge in [0.1, 0.15) is 5.69 Å². The second kappa shape index (κ2) is 7.85. The number of carbonyl (C=O) groups excluding carboxylic acids is 2. The molecule has 8 nitrogen and oxygen atoms in total. The van der Waals surface area contributed by atoms with Crippen LogP contribution in [0.1, 0.15) is 27.3 Å². The molecule has 0 spiro atoms. The Bertz CT molecular complexity index is 1000. The highest BCUT2D eigenvalue weighted by atomic mass is 35.5. The number of aliphatic hydroxyl groups is 1. The number of rotatable bonds is 5. The van der Waals surface area contributed by atoms with Crippen molar-refractivity contribution in [3.05, 3.63) is 40.7 Å². The van der Waals surface area contributed by atoms with Gasteiger partial charge in [-0.2, -0.15) is 0 Å². The number of nitrogens with one attached hydrogen (secondary N) is 1. The Morgan fingerprint density at radius 2 is 1.97 bits per heavy atom. The lowest BCUT2D eigenvalue weighted by molar-refractivity contribution is -0.00427. The van der Waals surface area contributed by atoms with Crippen molar-refractivity contribution in [3.8, 4) is 11.5 Å². The van der Waals surface area contributed by atoms with E-state index in [4.69, 9.17) is 21.1 Å². The first-order valence-electron chi connectivity index (χ1n) is 9.69. The van der Waals surface area contributed by atoms with Crippen LogP contribution in [0, 0.1) is 11.8 Å². The Morgan fingerprint density at radius 3 is 2.53 bits per heavy atom. The van der Waals surface area contributed by atoms with E-state index in [0.717, 1.165) is 6.42 Å². The zero-order valence-corrected chi connectivity index (χ0v) is 17.8. The maximum Gasteiger partial charge on any atom is 0.272 e. The minimum absolute atomic E-state index is 0.148. The van der Waals surface area contributed by atoms with Crippen LogP contribution < -0.4 is 14.8 Å². The molecule has 2 heterocycles. The minimum Gasteiger partial charge on any atom is -0.493 e. The molecule has 160 valence electrons. The molecule has 9 heteroatoms. The van der Waals surface area contributed by atoms with Crippen molar-refractivity contribution in [1.29, 1.82) is 0 Å². The van der Waals surface area contributed by atoms with Crippen LogP contribution in [0.2, 0.25) is 5.02 Å². The number of nitrogens with zero attached hydrogens (tertiary/aromatic N) is 2. The maximum absolute atomic E-state index is 13.1. The van der Waals surface area contributed by atoms with Crippen molar-refractivity contribution < 1.29 is 24.2 Å². The lowest BCUT2D eigenvalue weighted by Crippen LogP contribution is -2.39. The van der Waals surface area contributed by atoms with Gasteiger partial charge in [-0.05, 0) is 30.5 Å². The maximum atomic E-state index is 13.1. The van der Waals surface area contributed by atoms with Crippen LogP contribution in [0.15, 0.2) is 24.4 Å². The topological polar surface area (TPSA) is 93.0 Å². The van der Waals surface area contributed by atoms with Gasteiger partial charge < -0.3 is 29.4 Å². The zero-order chi connectivity index (χ0) is 21.6. The molecule has 0 radical (unpaired) electrons. The van der Waals surface area contributed by atoms with E-state index in [1.54, 1.807) is 40.9 Å². The van der Waals surface area contributed by atoms with Crippen molar-refractivity contribution in [3.63, 3.8) is 0 Å². The first-order valence-corrected chi connectivity index (χ1v) is 10.1. The summed E-state index contributed by atoms with van der Waals surface area (Å²) in [5.74, 6) is 0.595. The fourth-order valence-corrected chi connectivity index (χ4v) is 4.59. The van der Waals surface area contributed by atoms with E-state index < -0.39 is 5.91 Å². The number of carbonyl (C=O) groups is 2. The number of fused-ring (bicyclic) bond motifs is 1. The van der Waals surface area contributed by atoms with Gasteiger partial charge in [0.05, 0.1) is 31.0 Å². The molecule has 4 rings (SSSR count). The second-order valence-corrected chi connectivity index (χ2v) is 8.24. The van der Waals surface area contributed by atoms with E-state index >= 15 is 0 Å². The Morgan fingerprint density at radius 1 is 1.20 bits per heavy atom. The van der Waals surface area contributed by atoms with Crippen molar-refractivity contribution in [2.45, 2.75) is 12.5 Å². The number of hydrogen-bond donors (Lipinski definition) is 2. The van der Waals surface area contributed by atoms with E-state index in [2.05, 4.69) is 5.32 Å². The van der Waals surface area contributed by atoms with Crippen molar-refractivity contribution in [2.24, 2.45) is 18.9 Å². The van der Waals surface area contributed by atoms with Gasteiger partial charge in [0.15, 0.2) is 11.5 Å². The molecule has 1 aliphatic heterocycles. The summed E-state index contributed by atoms with van der Waals surface area (Å²) in [5, 5.41) is 13.1. The molecule has 30 heavy (non-hydrogen) atoms. The van der Waals surface area contributed by atoms with Crippen molar-refractivity contribution in [1.82, 2.24) is 9.47 Å². The molecule has 1 aliphatic carbocycles. The summed E-state index contributed by atoms with van der Waals surface area (Å²) >= 11 is 5.98. The summed E-state index contributed by atoms with van der Waals surface area (Å²) < 4.78 is 12.4. The smallest absolute Gasteiger partial charge is 0.272 e. The zero-order valence-electron chi connectivity index (χ0n) is 17.0. The third-order valence-corrected chi connectivity index (χ3v) is 6.20. The Balaban J connectivity index is 1.63. The van der Waals surface area contributed by atoms with E-state index in [-0.39, 0.29) is 17.9 Å². The number of aromatic nitrogens is 1. The van der Waals surface area contributed by atoms with Crippen LogP contribution in [0.25, 0.3) is 0 Å². The number of benzene rings is 1. The highest BCUT2D eigenvalue weighted by molar-refractivity contribution is 6.31. The number of anilines is 1. The van der Waals surface area contributed by atoms with Gasteiger partial charge >= 0.3 is 0 Å². The summed E-state index contributed by atoms with van der Waals surface area (Å²) in [6, 6.07) is 4.75. The Hall–Kier alpha value is -2.71. The summed E-state index contributed by atoms with van der Waals surface area (Å²) in [5.41, 5.74) is 1.07. The van der Waals surface area contributed by atoms with E-state index in [1.807, 2.05) is 0 Å². The average molecular weight is 434 g/mol. The lowest BCUT2D eigenvalue weighted by atomic mass is 9.74. The summed E-state index contributed by atoms with van der Waals surface area (Å²) in [6.45, 7) is 1.15. The normalized spacial score (nSPS) is 22.3. The molecule has 2 N–H and O–H groups in total. The number of methoxy groups -OCH3 is 2. The first kappa shape index (κ1) is 20.6. The number of aryl methyl sites for hydroxylation is 1. The summed E-state index contributed by atoms with van der Waals surface area (Å²) in [7, 11) is 4.66. The molecule has 0 bridgehead atoms. The van der Waals surface area contributed by atoms with Crippen LogP contribution in [-0.2, 0) is 7.05 Å². The fourth-order valence-electron chi connectivity index (χ4n) is 4.34. The second-order valence-electron chi connectivity index (χ2n) is 7.81. The van der Waals surface area contributed by atoms with Gasteiger partial charge in [0.2, 0.25) is 0 Å². The molecular weight excluding hydrogens is 410 g/mol. The SMILES string of the molecule is COc1cc(C(=O)N2C[C@@H]3C[C@H](O)[C@@H]3C2)cc(NC(=O)c2cc(Cl)cn2C)c1OC. The van der Waals surface area contributed by atoms with E-state index in [0.29, 0.717) is 52.5 Å². The largest absolute Gasteiger partial charge is 0.493 e. The monoisotopic (exact) mass is 433 g/mol. The molecule has 0 unspecified atom stereocenters. The number of ether oxygens (including phenoxy) is 2. The van der Waals surface area contributed by atoms with Gasteiger partial charge in [-0.3, -0.25) is 9.59 Å². The number of aliphatic hydroxyl groups excluding tert-OH is 1. The predicted octanol–water partition coefficient (Wildman–Crippen LogP) is 2.40. The fraction of sp³-hybridized carbons (Fsp3) is 0.429. The van der Waals surface area contributed by atoms with Crippen LogP contribution in [0.3, 0.4) is 0 Å². The molecule has 2 fully saturated rings. The number of hydrogen-bond acceptors (Lipinski definition) is 5. The molecule has 3 atom stereocenters. The molecule has 2 aromatic rings. The average Bonchev–Trinajstić information content (AvgIpc) is 3.24. The van der Waals surface area contributed by atoms with Crippen LogP contribution in [-0.4, -0.2) is 59.8 Å². The third kappa shape index (κ3) is 3.50. The van der Waals surface area contributed by atoms with Gasteiger partial charge in [0, 0.05) is 37.8 Å². The van der Waals surface area contributed by atoms with Crippen LogP contribution in [0.4, 0.5) is 5.69 Å². The van der Waals surface area contributed by atoms with Crippen LogP contribution >= 0.6 is 11.6 Å². The molecule has 1 saturated heterocycles. The molecule has 2 amide bonds. The van der Waals surface area contributed by atoms with Gasteiger partial charge in [-0.15, -0.1) is 0 Å². The lowest BCUT2D eigenvalue weighted by Gasteiger charge is -2.34. The molecule has 1 aromatic carbocycles. The highest BCUT2D eigenvalue weighted by Crippen LogP contribution is 2.42. The number of likely N-dealkylation sites (tertiary alicyclic amines) is 1. The molecule has 2 aliphatic rings. The van der Waals surface area contributed by atoms with Gasteiger partial charge in [-0.1, -0.05) is 11.6 Å². The Kier molecular flexibility index (Phi) is 5.38. The minimum atomic E-state index is -0.392. The van der Waals surface area contributed by atoms with E-state index in [9.17, 15) is 14.7 Å². The summed E-state index contributed by atoms with van der Waals surface area (Å²) in [4.78, 5) is 27.6. The quantitative estimate of drug-likeness (QED) is 0.755. The van der Waals surface area contributed by atoms with Gasteiger partial charge in [-0.25, -0.2) is 0 Å². The molecule has 1 saturated carbocycles. The molecule has 1 aromatic heterocycles. The predicted molar refractivity (Wildman–Crippen MR) is 111 cm³/mol. The van der Waals surface area contributed by atoms with Gasteiger partial charge in [0.25, 0.3) is 11.8 Å². The number of halogens is 1. The standard InChI is InChI=1S/C21H24ClN3O5/c1-24-9-13(22)7-16(24)20(27)23-15-4-11(6-18(29-2)19(15)30-3)21(28)25-8-12-5-17(26)14(12)10-25/h4,6-7,9,12,14,17,26H,5,8,10H2,1-3H3,(H,23,27)/t12-,14+,17-/m0/s1. The van der Waals surface area contributed by atoms with Crippen LogP contribution in [0.5, 0.6) is 11.5 Å². The first-order chi connectivity index (χ1) is 14.3. The molecular formula is C21H24ClN3O5. The summed E-state index contributed by atoms with van der Waals surface area (Å²) in [6.07, 6.45) is 2.04. The Labute approximate surface area is 179 Å². The third-order valence-electron chi connectivity index (χ3n) is 6.00. The van der Waals surface area contributed by atoms with Crippen molar-refractivity contribution >= 4 is 29.1 Å². The highest BCUT2D eigenvalue weighted by Gasteiger charge is 2.47.